The molecule has 0 aliphatic carbocycles. The van der Waals surface area contributed by atoms with Crippen molar-refractivity contribution >= 4 is 81.6 Å². The predicted molar refractivity (Wildman–Crippen MR) is 241 cm³/mol. The third-order valence-electron chi connectivity index (χ3n) is 12.3. The first-order chi connectivity index (χ1) is 31.5. The van der Waals surface area contributed by atoms with Gasteiger partial charge in [0.2, 0.25) is 23.7 Å². The van der Waals surface area contributed by atoms with Gasteiger partial charge in [-0.1, -0.05) is 41.9 Å². The van der Waals surface area contributed by atoms with E-state index >= 15 is 0 Å². The maximum absolute atomic E-state index is 14.8. The fourth-order valence-corrected chi connectivity index (χ4v) is 8.99. The maximum atomic E-state index is 14.8. The van der Waals surface area contributed by atoms with Gasteiger partial charge < -0.3 is 25.8 Å². The molecule has 65 heavy (non-hydrogen) atoms. The molecule has 3 fully saturated rings. The summed E-state index contributed by atoms with van der Waals surface area (Å²) in [6.45, 7) is 4.07. The van der Waals surface area contributed by atoms with E-state index in [1.807, 2.05) is 35.2 Å². The van der Waals surface area contributed by atoms with Crippen LogP contribution in [-0.4, -0.2) is 111 Å². The van der Waals surface area contributed by atoms with E-state index in [0.717, 1.165) is 42.6 Å². The quantitative estimate of drug-likeness (QED) is 0.118. The number of carbonyl (C=O) groups is 6. The van der Waals surface area contributed by atoms with E-state index < -0.39 is 35.5 Å². The minimum absolute atomic E-state index is 0.0375. The molecular formula is C47H44ClFN10O6. The molecule has 0 saturated carbocycles. The van der Waals surface area contributed by atoms with Gasteiger partial charge in [0, 0.05) is 68.7 Å². The van der Waals surface area contributed by atoms with Crippen molar-refractivity contribution in [1.82, 2.24) is 30.0 Å². The molecule has 0 radical (unpaired) electrons. The van der Waals surface area contributed by atoms with Crippen LogP contribution in [0.1, 0.15) is 62.3 Å². The number of hydrogen-bond donors (Lipinski definition) is 4. The third-order valence-corrected chi connectivity index (χ3v) is 12.6. The number of carbonyl (C=O) groups excluding carboxylic acids is 6. The monoisotopic (exact) mass is 898 g/mol. The maximum Gasteiger partial charge on any atom is 0.264 e. The second kappa shape index (κ2) is 18.5. The van der Waals surface area contributed by atoms with Gasteiger partial charge >= 0.3 is 0 Å². The number of halogens is 2. The van der Waals surface area contributed by atoms with E-state index in [1.54, 1.807) is 60.7 Å². The summed E-state index contributed by atoms with van der Waals surface area (Å²) in [6, 6.07) is 25.2. The van der Waals surface area contributed by atoms with Crippen LogP contribution < -0.4 is 26.2 Å². The molecule has 0 bridgehead atoms. The summed E-state index contributed by atoms with van der Waals surface area (Å²) in [5, 5.41) is 11.4. The van der Waals surface area contributed by atoms with Crippen molar-refractivity contribution in [2.24, 2.45) is 0 Å². The van der Waals surface area contributed by atoms with E-state index in [0.29, 0.717) is 71.1 Å². The zero-order valence-electron chi connectivity index (χ0n) is 35.1. The van der Waals surface area contributed by atoms with E-state index in [4.69, 9.17) is 11.6 Å². The molecular weight excluding hydrogens is 855 g/mol. The molecule has 1 unspecified atom stereocenters. The van der Waals surface area contributed by atoms with Crippen molar-refractivity contribution in [3.63, 3.8) is 0 Å². The Morgan fingerprint density at radius 1 is 0.785 bits per heavy atom. The van der Waals surface area contributed by atoms with Gasteiger partial charge in [0.05, 0.1) is 40.1 Å². The van der Waals surface area contributed by atoms with Crippen LogP contribution in [0.5, 0.6) is 0 Å². The molecule has 5 aromatic rings. The number of fused-ring (bicyclic) bond motifs is 1. The second-order valence-corrected chi connectivity index (χ2v) is 16.7. The number of anilines is 6. The van der Waals surface area contributed by atoms with E-state index in [9.17, 15) is 33.2 Å². The Morgan fingerprint density at radius 3 is 2.22 bits per heavy atom. The Bertz CT molecular complexity index is 2690. The number of piperazine rings is 1. The van der Waals surface area contributed by atoms with Gasteiger partial charge in [-0.25, -0.2) is 9.37 Å². The van der Waals surface area contributed by atoms with Crippen LogP contribution in [0.25, 0.3) is 0 Å². The lowest BCUT2D eigenvalue weighted by molar-refractivity contribution is -0.136. The number of aromatic nitrogens is 2. The van der Waals surface area contributed by atoms with Gasteiger partial charge in [0.15, 0.2) is 11.6 Å². The topological polar surface area (TPSA) is 189 Å². The molecule has 18 heteroatoms. The smallest absolute Gasteiger partial charge is 0.264 e. The van der Waals surface area contributed by atoms with Crippen molar-refractivity contribution in [1.29, 1.82) is 0 Å². The van der Waals surface area contributed by atoms with Gasteiger partial charge in [0.25, 0.3) is 17.7 Å². The minimum Gasteiger partial charge on any atom is -0.371 e. The Kier molecular flexibility index (Phi) is 12.2. The summed E-state index contributed by atoms with van der Waals surface area (Å²) in [4.78, 5) is 93.2. The van der Waals surface area contributed by atoms with Crippen molar-refractivity contribution in [3.05, 3.63) is 130 Å². The van der Waals surface area contributed by atoms with Gasteiger partial charge in [-0.2, -0.15) is 4.98 Å². The normalized spacial score (nSPS) is 18.1. The highest BCUT2D eigenvalue weighted by atomic mass is 35.5. The first-order valence-electron chi connectivity index (χ1n) is 21.4. The third kappa shape index (κ3) is 9.23. The molecule has 16 nitrogen and oxygen atoms in total. The fourth-order valence-electron chi connectivity index (χ4n) is 8.80. The zero-order chi connectivity index (χ0) is 45.2. The minimum atomic E-state index is -1.01. The lowest BCUT2D eigenvalue weighted by atomic mass is 9.99. The summed E-state index contributed by atoms with van der Waals surface area (Å²) in [5.41, 5.74) is 4.14. The van der Waals surface area contributed by atoms with Gasteiger partial charge in [-0.15, -0.1) is 0 Å². The van der Waals surface area contributed by atoms with Crippen molar-refractivity contribution in [2.45, 2.75) is 44.2 Å². The molecule has 5 heterocycles. The summed E-state index contributed by atoms with van der Waals surface area (Å²) in [6.07, 6.45) is 3.16. The van der Waals surface area contributed by atoms with E-state index in [-0.39, 0.29) is 48.4 Å². The van der Waals surface area contributed by atoms with E-state index in [2.05, 4.69) is 41.0 Å². The van der Waals surface area contributed by atoms with Crippen LogP contribution in [0.2, 0.25) is 5.02 Å². The summed E-state index contributed by atoms with van der Waals surface area (Å²) < 4.78 is 14.8. The first-order valence-corrected chi connectivity index (χ1v) is 21.8. The number of nitrogens with zero attached hydrogens (tertiary/aromatic N) is 6. The van der Waals surface area contributed by atoms with Crippen LogP contribution >= 0.6 is 11.6 Å². The van der Waals surface area contributed by atoms with Gasteiger partial charge in [0.1, 0.15) is 6.04 Å². The lowest BCUT2D eigenvalue weighted by Crippen LogP contribution is -2.54. The molecule has 332 valence electrons. The van der Waals surface area contributed by atoms with Crippen LogP contribution in [0, 0.1) is 5.82 Å². The molecule has 4 N–H and O–H groups in total. The number of amides is 6. The molecule has 0 spiro atoms. The molecule has 4 aliphatic rings. The van der Waals surface area contributed by atoms with E-state index in [1.165, 1.54) is 0 Å². The van der Waals surface area contributed by atoms with Crippen molar-refractivity contribution < 1.29 is 33.2 Å². The van der Waals surface area contributed by atoms with Crippen molar-refractivity contribution in [3.8, 4) is 0 Å². The second-order valence-electron chi connectivity index (χ2n) is 16.3. The summed E-state index contributed by atoms with van der Waals surface area (Å²) >= 11 is 6.16. The highest BCUT2D eigenvalue weighted by Crippen LogP contribution is 2.36. The zero-order valence-corrected chi connectivity index (χ0v) is 35.8. The lowest BCUT2D eigenvalue weighted by Gasteiger charge is -2.43. The summed E-state index contributed by atoms with van der Waals surface area (Å²) in [7, 11) is 0. The molecule has 1 aromatic heterocycles. The first kappa shape index (κ1) is 43.0. The Morgan fingerprint density at radius 2 is 1.49 bits per heavy atom. The SMILES string of the molecule is O=C1CCC(N2C(=O)c3cccc(N4CCC(N5CCN(C(=O)Cc6ccc(Nc7ncc(F)c(Nc8ccc(C(=O)Nc9ccccc9Cl)cc8)n7)cc6)CC5)CC4)c3C2=O)C(=O)N1. The number of imide groups is 2. The predicted octanol–water partition coefficient (Wildman–Crippen LogP) is 5.77. The highest BCUT2D eigenvalue weighted by Gasteiger charge is 2.46. The standard InChI is InChI=1S/C47H44ClFN10O6/c48-34-5-1-2-6-36(34)53-43(62)29-10-14-30(15-11-29)51-42-35(49)27-50-47(55-42)52-31-12-8-28(9-13-31)26-40(61)58-24-22-56(23-25-58)32-18-20-57(21-19-32)37-7-3-4-33-41(37)46(65)59(45(33)64)38-16-17-39(60)54-44(38)63/h1-15,27,32,38H,16-26H2,(H,53,62)(H,54,60,63)(H2,50,51,52,55). The number of piperidine rings is 2. The molecule has 1 atom stereocenters. The Hall–Kier alpha value is -7.24. The number of para-hydroxylation sites is 1. The fraction of sp³-hybridized carbons (Fsp3) is 0.277. The van der Waals surface area contributed by atoms with Crippen LogP contribution in [-0.2, 0) is 20.8 Å². The largest absolute Gasteiger partial charge is 0.371 e. The molecule has 4 aromatic carbocycles. The number of rotatable bonds is 11. The van der Waals surface area contributed by atoms with Crippen molar-refractivity contribution in [2.75, 3.05) is 60.1 Å². The van der Waals surface area contributed by atoms with Crippen LogP contribution in [0.4, 0.5) is 38.9 Å². The highest BCUT2D eigenvalue weighted by molar-refractivity contribution is 6.34. The number of benzene rings is 4. The Balaban J connectivity index is 0.731. The average molecular weight is 899 g/mol. The van der Waals surface area contributed by atoms with Crippen LogP contribution in [0.15, 0.2) is 97.2 Å². The molecule has 3 saturated heterocycles. The molecule has 6 amide bonds. The van der Waals surface area contributed by atoms with Crippen LogP contribution in [0.3, 0.4) is 0 Å². The van der Waals surface area contributed by atoms with Gasteiger partial charge in [-0.3, -0.25) is 43.9 Å². The van der Waals surface area contributed by atoms with Gasteiger partial charge in [-0.05, 0) is 85.5 Å². The number of nitrogens with one attached hydrogen (secondary N) is 4. The average Bonchev–Trinajstić information content (AvgIpc) is 3.57. The molecule has 4 aliphatic heterocycles. The number of hydrogen-bond acceptors (Lipinski definition) is 12. The Labute approximate surface area is 378 Å². The molecule has 9 rings (SSSR count). The summed E-state index contributed by atoms with van der Waals surface area (Å²) in [5.74, 6) is -2.93.